The molecule has 0 unspecified atom stereocenters. The van der Waals surface area contributed by atoms with Crippen LogP contribution >= 0.6 is 11.3 Å². The zero-order valence-electron chi connectivity index (χ0n) is 14.9. The number of anilines is 1. The highest BCUT2D eigenvalue weighted by Crippen LogP contribution is 2.22. The molecule has 2 aromatic rings. The van der Waals surface area contributed by atoms with E-state index in [1.807, 2.05) is 6.07 Å². The number of amides is 1. The number of carbonyl (C=O) groups excluding carboxylic acids is 1. The maximum absolute atomic E-state index is 13.2. The number of sulfonamides is 1. The van der Waals surface area contributed by atoms with E-state index in [9.17, 15) is 17.6 Å². The Labute approximate surface area is 162 Å². The van der Waals surface area contributed by atoms with Gasteiger partial charge in [-0.1, -0.05) is 12.1 Å². The van der Waals surface area contributed by atoms with Crippen LogP contribution in [0.2, 0.25) is 0 Å². The smallest absolute Gasteiger partial charge is 0.226 e. The zero-order valence-corrected chi connectivity index (χ0v) is 16.5. The molecule has 27 heavy (non-hydrogen) atoms. The van der Waals surface area contributed by atoms with Gasteiger partial charge in [-0.05, 0) is 37.0 Å². The van der Waals surface area contributed by atoms with Gasteiger partial charge in [-0.2, -0.15) is 0 Å². The van der Waals surface area contributed by atoms with Crippen molar-refractivity contribution in [1.82, 2.24) is 9.29 Å². The molecular weight excluding hydrogens is 389 g/mol. The van der Waals surface area contributed by atoms with E-state index in [1.165, 1.54) is 27.8 Å². The van der Waals surface area contributed by atoms with Crippen molar-refractivity contribution in [3.05, 3.63) is 46.7 Å². The Morgan fingerprint density at radius 1 is 1.30 bits per heavy atom. The number of hydrogen-bond acceptors (Lipinski definition) is 5. The molecule has 1 saturated heterocycles. The van der Waals surface area contributed by atoms with E-state index in [0.29, 0.717) is 24.6 Å². The van der Waals surface area contributed by atoms with Crippen LogP contribution in [0.3, 0.4) is 0 Å². The summed E-state index contributed by atoms with van der Waals surface area (Å²) in [6.45, 7) is 1.17. The fraction of sp³-hybridized carbons (Fsp3) is 0.444. The molecule has 0 bridgehead atoms. The highest BCUT2D eigenvalue weighted by molar-refractivity contribution is 7.89. The molecule has 0 saturated carbocycles. The van der Waals surface area contributed by atoms with Gasteiger partial charge in [-0.3, -0.25) is 4.79 Å². The molecule has 146 valence electrons. The second kappa shape index (κ2) is 8.90. The van der Waals surface area contributed by atoms with E-state index >= 15 is 0 Å². The van der Waals surface area contributed by atoms with Crippen molar-refractivity contribution in [1.29, 1.82) is 0 Å². The standard InChI is InChI=1S/C18H22FN3O3S2/c19-15-6-3-5-14(11-15)12-16-13-20-18(26-16)21-17(23)7-4-10-27(24,25)22-8-1-2-9-22/h3,5-6,11,13H,1-2,4,7-10,12H2,(H,20,21,23). The first-order valence-electron chi connectivity index (χ1n) is 8.89. The van der Waals surface area contributed by atoms with E-state index in [2.05, 4.69) is 10.3 Å². The maximum atomic E-state index is 13.2. The van der Waals surface area contributed by atoms with Crippen molar-refractivity contribution in [2.45, 2.75) is 32.1 Å². The second-order valence-corrected chi connectivity index (χ2v) is 9.72. The molecule has 1 aliphatic heterocycles. The molecule has 0 spiro atoms. The van der Waals surface area contributed by atoms with Crippen molar-refractivity contribution in [2.24, 2.45) is 0 Å². The summed E-state index contributed by atoms with van der Waals surface area (Å²) in [6.07, 6.45) is 4.42. The summed E-state index contributed by atoms with van der Waals surface area (Å²) in [5.41, 5.74) is 0.837. The summed E-state index contributed by atoms with van der Waals surface area (Å²) in [4.78, 5) is 17.1. The van der Waals surface area contributed by atoms with Crippen LogP contribution in [-0.2, 0) is 21.2 Å². The zero-order chi connectivity index (χ0) is 19.3. The lowest BCUT2D eigenvalue weighted by atomic mass is 10.1. The lowest BCUT2D eigenvalue weighted by molar-refractivity contribution is -0.116. The Bertz CT molecular complexity index is 893. The first kappa shape index (κ1) is 19.9. The molecule has 6 nitrogen and oxygen atoms in total. The minimum atomic E-state index is -3.25. The minimum absolute atomic E-state index is 0.0108. The Balaban J connectivity index is 1.45. The van der Waals surface area contributed by atoms with Gasteiger partial charge in [0.25, 0.3) is 0 Å². The number of benzene rings is 1. The molecule has 1 N–H and O–H groups in total. The third kappa shape index (κ3) is 5.82. The third-order valence-corrected chi connectivity index (χ3v) is 7.20. The monoisotopic (exact) mass is 411 g/mol. The second-order valence-electron chi connectivity index (χ2n) is 6.51. The van der Waals surface area contributed by atoms with E-state index in [4.69, 9.17) is 0 Å². The minimum Gasteiger partial charge on any atom is -0.302 e. The number of nitrogens with zero attached hydrogens (tertiary/aromatic N) is 2. The van der Waals surface area contributed by atoms with Crippen molar-refractivity contribution >= 4 is 32.4 Å². The summed E-state index contributed by atoms with van der Waals surface area (Å²) in [5.74, 6) is -0.545. The van der Waals surface area contributed by atoms with E-state index in [1.54, 1.807) is 12.3 Å². The Morgan fingerprint density at radius 2 is 2.07 bits per heavy atom. The first-order chi connectivity index (χ1) is 12.9. The molecule has 1 amide bonds. The van der Waals surface area contributed by atoms with Crippen LogP contribution in [-0.4, -0.2) is 42.5 Å². The van der Waals surface area contributed by atoms with Gasteiger partial charge in [0, 0.05) is 37.0 Å². The Hall–Kier alpha value is -1.84. The Kier molecular flexibility index (Phi) is 6.56. The molecule has 1 aliphatic rings. The van der Waals surface area contributed by atoms with E-state index in [0.717, 1.165) is 23.3 Å². The van der Waals surface area contributed by atoms with Crippen LogP contribution in [0.15, 0.2) is 30.5 Å². The topological polar surface area (TPSA) is 79.4 Å². The summed E-state index contributed by atoms with van der Waals surface area (Å²) in [7, 11) is -3.25. The molecule has 9 heteroatoms. The number of rotatable bonds is 8. The third-order valence-electron chi connectivity index (χ3n) is 4.33. The quantitative estimate of drug-likeness (QED) is 0.724. The molecule has 0 atom stereocenters. The van der Waals surface area contributed by atoms with Crippen LogP contribution in [0.1, 0.15) is 36.1 Å². The summed E-state index contributed by atoms with van der Waals surface area (Å²) in [5, 5.41) is 3.17. The van der Waals surface area contributed by atoms with Crippen molar-refractivity contribution in [2.75, 3.05) is 24.2 Å². The van der Waals surface area contributed by atoms with Crippen molar-refractivity contribution in [3.8, 4) is 0 Å². The van der Waals surface area contributed by atoms with Crippen LogP contribution in [0.5, 0.6) is 0 Å². The average Bonchev–Trinajstić information content (AvgIpc) is 3.27. The fourth-order valence-corrected chi connectivity index (χ4v) is 5.43. The van der Waals surface area contributed by atoms with Gasteiger partial charge in [-0.25, -0.2) is 22.1 Å². The highest BCUT2D eigenvalue weighted by atomic mass is 32.2. The molecule has 1 aromatic carbocycles. The molecule has 0 radical (unpaired) electrons. The first-order valence-corrected chi connectivity index (χ1v) is 11.3. The SMILES string of the molecule is O=C(CCCS(=O)(=O)N1CCCC1)Nc1ncc(Cc2cccc(F)c2)s1. The van der Waals surface area contributed by atoms with Gasteiger partial charge >= 0.3 is 0 Å². The fourth-order valence-electron chi connectivity index (χ4n) is 2.99. The molecular formula is C18H22FN3O3S2. The molecule has 3 rings (SSSR count). The average molecular weight is 412 g/mol. The normalized spacial score (nSPS) is 15.1. The number of carbonyl (C=O) groups is 1. The highest BCUT2D eigenvalue weighted by Gasteiger charge is 2.24. The molecule has 1 fully saturated rings. The summed E-state index contributed by atoms with van der Waals surface area (Å²) >= 11 is 1.33. The predicted molar refractivity (Wildman–Crippen MR) is 104 cm³/mol. The van der Waals surface area contributed by atoms with Gasteiger partial charge in [-0.15, -0.1) is 11.3 Å². The summed E-state index contributed by atoms with van der Waals surface area (Å²) in [6, 6.07) is 6.36. The predicted octanol–water partition coefficient (Wildman–Crippen LogP) is 3.02. The number of thiazole rings is 1. The maximum Gasteiger partial charge on any atom is 0.226 e. The van der Waals surface area contributed by atoms with Gasteiger partial charge in [0.1, 0.15) is 5.82 Å². The van der Waals surface area contributed by atoms with Crippen LogP contribution in [0.25, 0.3) is 0 Å². The van der Waals surface area contributed by atoms with Crippen LogP contribution < -0.4 is 5.32 Å². The molecule has 0 aliphatic carbocycles. The number of halogens is 1. The van der Waals surface area contributed by atoms with Crippen LogP contribution in [0, 0.1) is 5.82 Å². The Morgan fingerprint density at radius 3 is 2.81 bits per heavy atom. The number of hydrogen-bond donors (Lipinski definition) is 1. The molecule has 1 aromatic heterocycles. The van der Waals surface area contributed by atoms with E-state index in [-0.39, 0.29) is 30.3 Å². The van der Waals surface area contributed by atoms with Gasteiger partial charge in [0.2, 0.25) is 15.9 Å². The van der Waals surface area contributed by atoms with Crippen molar-refractivity contribution in [3.63, 3.8) is 0 Å². The van der Waals surface area contributed by atoms with Gasteiger partial charge in [0.05, 0.1) is 5.75 Å². The largest absolute Gasteiger partial charge is 0.302 e. The van der Waals surface area contributed by atoms with Crippen LogP contribution in [0.4, 0.5) is 9.52 Å². The van der Waals surface area contributed by atoms with Gasteiger partial charge in [0.15, 0.2) is 5.13 Å². The number of aromatic nitrogens is 1. The molecule has 2 heterocycles. The van der Waals surface area contributed by atoms with E-state index < -0.39 is 10.0 Å². The lowest BCUT2D eigenvalue weighted by Crippen LogP contribution is -2.30. The van der Waals surface area contributed by atoms with Crippen molar-refractivity contribution < 1.29 is 17.6 Å². The number of nitrogens with one attached hydrogen (secondary N) is 1. The summed E-state index contributed by atoms with van der Waals surface area (Å²) < 4.78 is 39.0. The lowest BCUT2D eigenvalue weighted by Gasteiger charge is -2.14. The van der Waals surface area contributed by atoms with Gasteiger partial charge < -0.3 is 5.32 Å².